The van der Waals surface area contributed by atoms with Crippen molar-refractivity contribution in [3.63, 3.8) is 0 Å². The lowest BCUT2D eigenvalue weighted by Crippen LogP contribution is -2.35. The van der Waals surface area contributed by atoms with Crippen LogP contribution in [0.2, 0.25) is 0 Å². The molecule has 0 radical (unpaired) electrons. The summed E-state index contributed by atoms with van der Waals surface area (Å²) in [5.41, 5.74) is 4.59. The van der Waals surface area contributed by atoms with E-state index < -0.39 is 0 Å². The van der Waals surface area contributed by atoms with E-state index in [1.807, 2.05) is 29.9 Å². The molecule has 0 aliphatic rings. The van der Waals surface area contributed by atoms with Crippen molar-refractivity contribution in [3.05, 3.63) is 81.2 Å². The number of nitrogens with zero attached hydrogens (tertiary/aromatic N) is 6. The van der Waals surface area contributed by atoms with Gasteiger partial charge in [0.05, 0.1) is 17.1 Å². The second kappa shape index (κ2) is 9.46. The van der Waals surface area contributed by atoms with Gasteiger partial charge in [-0.05, 0) is 86.2 Å². The number of fused-ring (bicyclic) bond motifs is 1. The Labute approximate surface area is 200 Å². The Morgan fingerprint density at radius 1 is 1.15 bits per heavy atom. The first-order valence-corrected chi connectivity index (χ1v) is 11.7. The van der Waals surface area contributed by atoms with Gasteiger partial charge in [-0.1, -0.05) is 24.6 Å². The van der Waals surface area contributed by atoms with Crippen LogP contribution in [0.5, 0.6) is 0 Å². The van der Waals surface area contributed by atoms with E-state index in [1.54, 1.807) is 6.20 Å². The second-order valence-corrected chi connectivity index (χ2v) is 9.98. The molecule has 1 unspecified atom stereocenters. The van der Waals surface area contributed by atoms with Gasteiger partial charge in [-0.15, -0.1) is 5.10 Å². The van der Waals surface area contributed by atoms with Crippen LogP contribution >= 0.6 is 0 Å². The van der Waals surface area contributed by atoms with Crippen LogP contribution in [0.1, 0.15) is 68.2 Å². The number of tetrazole rings is 1. The Morgan fingerprint density at radius 2 is 1.94 bits per heavy atom. The predicted molar refractivity (Wildman–Crippen MR) is 133 cm³/mol. The van der Waals surface area contributed by atoms with Crippen molar-refractivity contribution in [2.24, 2.45) is 0 Å². The Balaban J connectivity index is 1.79. The van der Waals surface area contributed by atoms with Crippen LogP contribution in [-0.4, -0.2) is 35.1 Å². The minimum absolute atomic E-state index is 0.0686. The summed E-state index contributed by atoms with van der Waals surface area (Å²) in [7, 11) is 0. The topological polar surface area (TPSA) is 92.6 Å². The summed E-state index contributed by atoms with van der Waals surface area (Å²) in [6.45, 7) is 13.6. The van der Waals surface area contributed by atoms with Crippen molar-refractivity contribution in [3.8, 4) is 0 Å². The number of aryl methyl sites for hydroxylation is 2. The van der Waals surface area contributed by atoms with Crippen LogP contribution in [0.3, 0.4) is 0 Å². The monoisotopic (exact) mass is 459 g/mol. The molecule has 178 valence electrons. The largest absolute Gasteiger partial charge is 0.321 e. The maximum absolute atomic E-state index is 13.1. The molecule has 0 spiro atoms. The molecule has 34 heavy (non-hydrogen) atoms. The normalized spacial score (nSPS) is 13.0. The van der Waals surface area contributed by atoms with Gasteiger partial charge in [0.2, 0.25) is 0 Å². The lowest BCUT2D eigenvalue weighted by molar-refractivity contribution is 0.153. The molecular weight excluding hydrogens is 426 g/mol. The van der Waals surface area contributed by atoms with E-state index >= 15 is 0 Å². The van der Waals surface area contributed by atoms with E-state index in [9.17, 15) is 4.79 Å². The maximum Gasteiger partial charge on any atom is 0.252 e. The first-order chi connectivity index (χ1) is 16.2. The van der Waals surface area contributed by atoms with E-state index in [0.717, 1.165) is 39.8 Å². The number of aromatic amines is 1. The molecule has 0 saturated heterocycles. The molecule has 0 bridgehead atoms. The minimum Gasteiger partial charge on any atom is -0.321 e. The molecule has 1 atom stereocenters. The van der Waals surface area contributed by atoms with E-state index in [0.29, 0.717) is 13.1 Å². The number of aromatic nitrogens is 6. The number of pyridine rings is 2. The zero-order valence-corrected chi connectivity index (χ0v) is 20.8. The Bertz CT molecular complexity index is 1340. The van der Waals surface area contributed by atoms with Gasteiger partial charge in [0, 0.05) is 31.0 Å². The first kappa shape index (κ1) is 23.8. The first-order valence-electron chi connectivity index (χ1n) is 11.7. The SMILES string of the molecule is CCC(c1nnnn1C(C)(C)C)N(Cc1cccnc1)Cc1cc2cc(C)cc(C)c2[nH]c1=O. The van der Waals surface area contributed by atoms with Crippen LogP contribution in [0, 0.1) is 13.8 Å². The highest BCUT2D eigenvalue weighted by Crippen LogP contribution is 2.29. The van der Waals surface area contributed by atoms with Gasteiger partial charge in [0.1, 0.15) is 0 Å². The second-order valence-electron chi connectivity index (χ2n) is 9.98. The average Bonchev–Trinajstić information content (AvgIpc) is 3.26. The lowest BCUT2D eigenvalue weighted by Gasteiger charge is -2.32. The van der Waals surface area contributed by atoms with Crippen molar-refractivity contribution in [1.29, 1.82) is 0 Å². The van der Waals surface area contributed by atoms with Crippen LogP contribution in [0.4, 0.5) is 0 Å². The number of hydrogen-bond donors (Lipinski definition) is 1. The molecule has 0 fully saturated rings. The predicted octanol–water partition coefficient (Wildman–Crippen LogP) is 4.43. The lowest BCUT2D eigenvalue weighted by atomic mass is 10.0. The van der Waals surface area contributed by atoms with Gasteiger partial charge in [-0.3, -0.25) is 14.7 Å². The molecule has 0 aliphatic heterocycles. The quantitative estimate of drug-likeness (QED) is 0.439. The summed E-state index contributed by atoms with van der Waals surface area (Å²) in [6, 6.07) is 10.1. The highest BCUT2D eigenvalue weighted by Gasteiger charge is 2.29. The third-order valence-corrected chi connectivity index (χ3v) is 6.11. The minimum atomic E-state index is -0.262. The van der Waals surface area contributed by atoms with E-state index in [2.05, 4.69) is 83.2 Å². The van der Waals surface area contributed by atoms with Crippen LogP contribution < -0.4 is 5.56 Å². The van der Waals surface area contributed by atoms with Crippen molar-refractivity contribution < 1.29 is 0 Å². The molecule has 0 saturated carbocycles. The summed E-state index contributed by atoms with van der Waals surface area (Å²) in [5, 5.41) is 13.7. The molecule has 4 rings (SSSR count). The number of hydrogen-bond acceptors (Lipinski definition) is 6. The zero-order valence-electron chi connectivity index (χ0n) is 20.8. The van der Waals surface area contributed by atoms with Crippen molar-refractivity contribution in [2.75, 3.05) is 0 Å². The van der Waals surface area contributed by atoms with E-state index in [1.165, 1.54) is 5.56 Å². The molecule has 3 heterocycles. The fraction of sp³-hybridized carbons (Fsp3) is 0.423. The van der Waals surface area contributed by atoms with Gasteiger partial charge in [-0.25, -0.2) is 4.68 Å². The van der Waals surface area contributed by atoms with Crippen molar-refractivity contribution >= 4 is 10.9 Å². The van der Waals surface area contributed by atoms with Gasteiger partial charge in [-0.2, -0.15) is 0 Å². The fourth-order valence-electron chi connectivity index (χ4n) is 4.55. The summed E-state index contributed by atoms with van der Waals surface area (Å²) >= 11 is 0. The molecular formula is C26H33N7O. The number of rotatable bonds is 7. The number of nitrogens with one attached hydrogen (secondary N) is 1. The Morgan fingerprint density at radius 3 is 2.62 bits per heavy atom. The smallest absolute Gasteiger partial charge is 0.252 e. The molecule has 0 aliphatic carbocycles. The van der Waals surface area contributed by atoms with Gasteiger partial charge >= 0.3 is 0 Å². The molecule has 0 amide bonds. The van der Waals surface area contributed by atoms with Crippen LogP contribution in [0.25, 0.3) is 10.9 Å². The van der Waals surface area contributed by atoms with Gasteiger partial charge in [0.25, 0.3) is 5.56 Å². The zero-order chi connectivity index (χ0) is 24.5. The average molecular weight is 460 g/mol. The Hall–Kier alpha value is -3.39. The summed E-state index contributed by atoms with van der Waals surface area (Å²) in [5.74, 6) is 0.794. The van der Waals surface area contributed by atoms with Crippen LogP contribution in [-0.2, 0) is 18.6 Å². The standard InChI is InChI=1S/C26H33N7O/c1-7-22(24-29-30-31-33(24)26(4,5)6)32(15-19-9-8-10-27-14-19)16-21-13-20-12-17(2)11-18(3)23(20)28-25(21)34/h8-14,22H,7,15-16H2,1-6H3,(H,28,34). The maximum atomic E-state index is 13.1. The summed E-state index contributed by atoms with van der Waals surface area (Å²) in [4.78, 5) is 22.8. The highest BCUT2D eigenvalue weighted by molar-refractivity contribution is 5.82. The molecule has 8 nitrogen and oxygen atoms in total. The number of benzene rings is 1. The summed E-state index contributed by atoms with van der Waals surface area (Å²) in [6.07, 6.45) is 4.42. The molecule has 8 heteroatoms. The third-order valence-electron chi connectivity index (χ3n) is 6.11. The molecule has 4 aromatic rings. The molecule has 1 N–H and O–H groups in total. The van der Waals surface area contributed by atoms with Crippen LogP contribution in [0.15, 0.2) is 47.5 Å². The molecule has 1 aromatic carbocycles. The Kier molecular flexibility index (Phi) is 6.61. The van der Waals surface area contributed by atoms with Crippen molar-refractivity contribution in [1.82, 2.24) is 35.1 Å². The van der Waals surface area contributed by atoms with E-state index in [4.69, 9.17) is 0 Å². The number of H-pyrrole nitrogens is 1. The highest BCUT2D eigenvalue weighted by atomic mass is 16.1. The third kappa shape index (κ3) is 4.92. The van der Waals surface area contributed by atoms with E-state index in [-0.39, 0.29) is 17.1 Å². The van der Waals surface area contributed by atoms with Gasteiger partial charge in [0.15, 0.2) is 5.82 Å². The summed E-state index contributed by atoms with van der Waals surface area (Å²) < 4.78 is 1.88. The fourth-order valence-corrected chi connectivity index (χ4v) is 4.55. The van der Waals surface area contributed by atoms with Gasteiger partial charge < -0.3 is 4.98 Å². The van der Waals surface area contributed by atoms with Crippen molar-refractivity contribution in [2.45, 2.75) is 72.6 Å². The molecule has 3 aromatic heterocycles.